The summed E-state index contributed by atoms with van der Waals surface area (Å²) in [6.07, 6.45) is 5.57. The second kappa shape index (κ2) is 7.95. The number of thiocarbonyl (C=S) groups is 1. The van der Waals surface area contributed by atoms with Crippen LogP contribution in [0, 0.1) is 0 Å². The van der Waals surface area contributed by atoms with Crippen molar-refractivity contribution in [2.24, 2.45) is 5.10 Å². The number of nitrogens with zero attached hydrogens (tertiary/aromatic N) is 1. The fourth-order valence-electron chi connectivity index (χ4n) is 2.03. The molecule has 3 N–H and O–H groups in total. The van der Waals surface area contributed by atoms with Crippen LogP contribution < -0.4 is 16.1 Å². The maximum Gasteiger partial charge on any atom is 0.325 e. The Bertz CT molecular complexity index is 536. The molecule has 0 heterocycles. The van der Waals surface area contributed by atoms with E-state index in [4.69, 9.17) is 23.8 Å². The van der Waals surface area contributed by atoms with E-state index in [1.54, 1.807) is 24.3 Å². The number of nitrogens with one attached hydrogen (secondary N) is 3. The van der Waals surface area contributed by atoms with E-state index in [1.165, 1.54) is 6.42 Å². The molecule has 1 aromatic carbocycles. The van der Waals surface area contributed by atoms with Crippen LogP contribution in [0.3, 0.4) is 0 Å². The predicted molar refractivity (Wildman–Crippen MR) is 89.9 cm³/mol. The second-order valence-electron chi connectivity index (χ2n) is 4.77. The number of hydrazone groups is 1. The van der Waals surface area contributed by atoms with E-state index in [0.29, 0.717) is 10.7 Å². The monoisotopic (exact) mass is 324 g/mol. The Morgan fingerprint density at radius 3 is 2.48 bits per heavy atom. The van der Waals surface area contributed by atoms with Crippen LogP contribution in [0.1, 0.15) is 32.1 Å². The normalized spacial score (nSPS) is 14.2. The molecule has 21 heavy (non-hydrogen) atoms. The zero-order chi connectivity index (χ0) is 15.1. The Labute approximate surface area is 134 Å². The van der Waals surface area contributed by atoms with Gasteiger partial charge < -0.3 is 5.32 Å². The number of benzene rings is 1. The Morgan fingerprint density at radius 1 is 1.14 bits per heavy atom. The van der Waals surface area contributed by atoms with E-state index in [9.17, 15) is 4.79 Å². The van der Waals surface area contributed by atoms with Crippen molar-refractivity contribution in [1.29, 1.82) is 0 Å². The molecule has 0 radical (unpaired) electrons. The second-order valence-corrected chi connectivity index (χ2v) is 5.61. The van der Waals surface area contributed by atoms with E-state index >= 15 is 0 Å². The highest BCUT2D eigenvalue weighted by atomic mass is 35.5. The molecule has 0 aliphatic heterocycles. The molecule has 0 saturated heterocycles. The standard InChI is InChI=1S/C14H17ClN4OS/c15-10-6-8-11(9-7-10)16-13(20)17-14(21)19-18-12-4-2-1-3-5-12/h6-9H,1-5H2,(H3,16,17,19,20,21). The molecule has 0 bridgehead atoms. The fourth-order valence-corrected chi connectivity index (χ4v) is 2.29. The van der Waals surface area contributed by atoms with Crippen molar-refractivity contribution in [2.45, 2.75) is 32.1 Å². The first-order chi connectivity index (χ1) is 10.1. The highest BCUT2D eigenvalue weighted by Crippen LogP contribution is 2.14. The zero-order valence-corrected chi connectivity index (χ0v) is 13.1. The number of urea groups is 1. The number of hydrogen-bond acceptors (Lipinski definition) is 3. The van der Waals surface area contributed by atoms with Crippen molar-refractivity contribution in [2.75, 3.05) is 5.32 Å². The molecule has 1 aliphatic rings. The summed E-state index contributed by atoms with van der Waals surface area (Å²) in [5, 5.41) is 10.2. The summed E-state index contributed by atoms with van der Waals surface area (Å²) >= 11 is 10.8. The molecule has 5 nitrogen and oxygen atoms in total. The van der Waals surface area contributed by atoms with Gasteiger partial charge in [0.25, 0.3) is 0 Å². The summed E-state index contributed by atoms with van der Waals surface area (Å²) in [4.78, 5) is 11.7. The molecule has 0 aromatic heterocycles. The first-order valence-corrected chi connectivity index (χ1v) is 7.61. The van der Waals surface area contributed by atoms with Gasteiger partial charge in [0.2, 0.25) is 0 Å². The topological polar surface area (TPSA) is 65.5 Å². The van der Waals surface area contributed by atoms with Crippen molar-refractivity contribution < 1.29 is 4.79 Å². The highest BCUT2D eigenvalue weighted by molar-refractivity contribution is 7.80. The third-order valence-electron chi connectivity index (χ3n) is 3.08. The Kier molecular flexibility index (Phi) is 5.95. The number of carbonyl (C=O) groups excluding carboxylic acids is 1. The van der Waals surface area contributed by atoms with Gasteiger partial charge in [-0.05, 0) is 62.2 Å². The molecule has 112 valence electrons. The lowest BCUT2D eigenvalue weighted by Gasteiger charge is -2.13. The molecule has 0 atom stereocenters. The summed E-state index contributed by atoms with van der Waals surface area (Å²) in [6, 6.07) is 6.39. The number of carbonyl (C=O) groups is 1. The van der Waals surface area contributed by atoms with Gasteiger partial charge in [0.15, 0.2) is 5.11 Å². The zero-order valence-electron chi connectivity index (χ0n) is 11.5. The molecule has 1 saturated carbocycles. The van der Waals surface area contributed by atoms with Crippen molar-refractivity contribution >= 4 is 46.4 Å². The molecule has 7 heteroatoms. The van der Waals surface area contributed by atoms with Gasteiger partial charge in [-0.15, -0.1) is 0 Å². The molecule has 2 amide bonds. The minimum atomic E-state index is -0.418. The van der Waals surface area contributed by atoms with E-state index in [2.05, 4.69) is 21.2 Å². The van der Waals surface area contributed by atoms with E-state index in [0.717, 1.165) is 31.4 Å². The van der Waals surface area contributed by atoms with Gasteiger partial charge in [-0.25, -0.2) is 4.79 Å². The number of rotatable bonds is 2. The first-order valence-electron chi connectivity index (χ1n) is 6.82. The van der Waals surface area contributed by atoms with E-state index in [1.807, 2.05) is 0 Å². The van der Waals surface area contributed by atoms with Gasteiger partial charge >= 0.3 is 6.03 Å². The summed E-state index contributed by atoms with van der Waals surface area (Å²) in [6.45, 7) is 0. The van der Waals surface area contributed by atoms with Crippen LogP contribution in [-0.4, -0.2) is 16.9 Å². The third-order valence-corrected chi connectivity index (χ3v) is 3.52. The van der Waals surface area contributed by atoms with Gasteiger partial charge in [-0.1, -0.05) is 18.0 Å². The molecular formula is C14H17ClN4OS. The summed E-state index contributed by atoms with van der Waals surface area (Å²) in [7, 11) is 0. The maximum atomic E-state index is 11.7. The largest absolute Gasteiger partial charge is 0.325 e. The van der Waals surface area contributed by atoms with Gasteiger partial charge in [-0.2, -0.15) is 5.10 Å². The van der Waals surface area contributed by atoms with Gasteiger partial charge in [0, 0.05) is 16.4 Å². The van der Waals surface area contributed by atoms with Gasteiger partial charge in [0.05, 0.1) is 0 Å². The lowest BCUT2D eigenvalue weighted by Crippen LogP contribution is -2.39. The highest BCUT2D eigenvalue weighted by Gasteiger charge is 2.08. The summed E-state index contributed by atoms with van der Waals surface area (Å²) in [5.74, 6) is 0. The average Bonchev–Trinajstić information content (AvgIpc) is 2.48. The summed E-state index contributed by atoms with van der Waals surface area (Å²) < 4.78 is 0. The molecule has 1 aliphatic carbocycles. The summed E-state index contributed by atoms with van der Waals surface area (Å²) in [5.41, 5.74) is 4.44. The molecule has 0 spiro atoms. The Balaban J connectivity index is 1.76. The fraction of sp³-hybridized carbons (Fsp3) is 0.357. The molecular weight excluding hydrogens is 308 g/mol. The minimum absolute atomic E-state index is 0.180. The van der Waals surface area contributed by atoms with Gasteiger partial charge in [0.1, 0.15) is 0 Å². The van der Waals surface area contributed by atoms with Gasteiger partial charge in [-0.3, -0.25) is 10.7 Å². The maximum absolute atomic E-state index is 11.7. The molecule has 0 unspecified atom stereocenters. The van der Waals surface area contributed by atoms with E-state index in [-0.39, 0.29) is 5.11 Å². The van der Waals surface area contributed by atoms with Crippen molar-refractivity contribution in [3.8, 4) is 0 Å². The van der Waals surface area contributed by atoms with Crippen LogP contribution in [0.5, 0.6) is 0 Å². The minimum Gasteiger partial charge on any atom is -0.308 e. The number of amides is 2. The molecule has 1 fully saturated rings. The van der Waals surface area contributed by atoms with Crippen LogP contribution >= 0.6 is 23.8 Å². The average molecular weight is 325 g/mol. The molecule has 2 rings (SSSR count). The Morgan fingerprint density at radius 2 is 1.81 bits per heavy atom. The predicted octanol–water partition coefficient (Wildman–Crippen LogP) is 3.66. The van der Waals surface area contributed by atoms with Crippen LogP contribution in [0.4, 0.5) is 10.5 Å². The Hall–Kier alpha value is -1.66. The first kappa shape index (κ1) is 15.7. The van der Waals surface area contributed by atoms with Crippen LogP contribution in [0.2, 0.25) is 5.02 Å². The van der Waals surface area contributed by atoms with Crippen LogP contribution in [0.25, 0.3) is 0 Å². The number of halogens is 1. The lowest BCUT2D eigenvalue weighted by atomic mass is 9.99. The van der Waals surface area contributed by atoms with Crippen LogP contribution in [-0.2, 0) is 0 Å². The smallest absolute Gasteiger partial charge is 0.308 e. The number of hydrogen-bond donors (Lipinski definition) is 3. The quantitative estimate of drug-likeness (QED) is 0.574. The van der Waals surface area contributed by atoms with E-state index < -0.39 is 6.03 Å². The third kappa shape index (κ3) is 5.69. The molecule has 1 aromatic rings. The van der Waals surface area contributed by atoms with Crippen LogP contribution in [0.15, 0.2) is 29.4 Å². The van der Waals surface area contributed by atoms with Crippen molar-refractivity contribution in [3.63, 3.8) is 0 Å². The lowest BCUT2D eigenvalue weighted by molar-refractivity contribution is 0.256. The number of anilines is 1. The van der Waals surface area contributed by atoms with Crippen molar-refractivity contribution in [1.82, 2.24) is 10.7 Å². The SMILES string of the molecule is O=C(NC(=S)NN=C1CCCCC1)Nc1ccc(Cl)cc1. The van der Waals surface area contributed by atoms with Crippen molar-refractivity contribution in [3.05, 3.63) is 29.3 Å².